The molecule has 2 aromatic rings. The van der Waals surface area contributed by atoms with E-state index in [-0.39, 0.29) is 5.91 Å². The van der Waals surface area contributed by atoms with Crippen molar-refractivity contribution in [3.63, 3.8) is 0 Å². The molecule has 6 heteroatoms. The Morgan fingerprint density at radius 3 is 2.22 bits per heavy atom. The minimum absolute atomic E-state index is 0.318. The van der Waals surface area contributed by atoms with Crippen molar-refractivity contribution in [1.82, 2.24) is 5.32 Å². The number of hydrogen-bond donors (Lipinski definition) is 2. The number of halogens is 3. The Bertz CT molecular complexity index is 681. The summed E-state index contributed by atoms with van der Waals surface area (Å²) in [5, 5.41) is 5.76. The fourth-order valence-electron chi connectivity index (χ4n) is 2.02. The smallest absolute Gasteiger partial charge is 0.252 e. The van der Waals surface area contributed by atoms with Crippen LogP contribution in [-0.2, 0) is 0 Å². The number of alkyl halides is 3. The molecule has 0 spiro atoms. The summed E-state index contributed by atoms with van der Waals surface area (Å²) in [6, 6.07) is 14.8. The van der Waals surface area contributed by atoms with Gasteiger partial charge in [-0.15, -0.1) is 0 Å². The molecule has 0 radical (unpaired) electrons. The van der Waals surface area contributed by atoms with E-state index in [4.69, 9.17) is 34.8 Å². The van der Waals surface area contributed by atoms with E-state index in [1.807, 2.05) is 50.2 Å². The van der Waals surface area contributed by atoms with Gasteiger partial charge in [0.05, 0.1) is 0 Å². The van der Waals surface area contributed by atoms with Gasteiger partial charge in [0.25, 0.3) is 5.91 Å². The summed E-state index contributed by atoms with van der Waals surface area (Å²) in [7, 11) is 0. The highest BCUT2D eigenvalue weighted by Crippen LogP contribution is 2.31. The summed E-state index contributed by atoms with van der Waals surface area (Å²) in [6.07, 6.45) is -0.872. The Hall–Kier alpha value is -1.42. The lowest BCUT2D eigenvalue weighted by atomic mass is 10.1. The summed E-state index contributed by atoms with van der Waals surface area (Å²) in [5.41, 5.74) is 3.38. The third-order valence-corrected chi connectivity index (χ3v) is 3.90. The second-order valence-electron chi connectivity index (χ2n) is 5.33. The van der Waals surface area contributed by atoms with E-state index in [1.165, 1.54) is 0 Å². The Kier molecular flexibility index (Phi) is 5.79. The number of rotatable bonds is 4. The van der Waals surface area contributed by atoms with Crippen molar-refractivity contribution in [2.24, 2.45) is 0 Å². The molecule has 1 amide bonds. The standard InChI is InChI=1S/C17H17Cl3N2O/c1-11-6-8-13(9-7-11)15(23)22-16(17(18,19)20)21-14-5-3-4-12(2)10-14/h3-10,16,21H,1-2H3,(H,22,23). The van der Waals surface area contributed by atoms with Gasteiger partial charge in [-0.3, -0.25) is 4.79 Å². The largest absolute Gasteiger partial charge is 0.362 e. The third kappa shape index (κ3) is 5.31. The van der Waals surface area contributed by atoms with Gasteiger partial charge in [-0.05, 0) is 43.7 Å². The number of anilines is 1. The van der Waals surface area contributed by atoms with Crippen LogP contribution in [-0.4, -0.2) is 15.9 Å². The number of carbonyl (C=O) groups is 1. The van der Waals surface area contributed by atoms with Gasteiger partial charge in [0.2, 0.25) is 3.79 Å². The molecule has 2 N–H and O–H groups in total. The molecule has 0 heterocycles. The van der Waals surface area contributed by atoms with Crippen LogP contribution >= 0.6 is 34.8 Å². The molecule has 23 heavy (non-hydrogen) atoms. The Morgan fingerprint density at radius 1 is 1.00 bits per heavy atom. The van der Waals surface area contributed by atoms with E-state index in [9.17, 15) is 4.79 Å². The maximum atomic E-state index is 12.3. The number of aryl methyl sites for hydroxylation is 2. The Morgan fingerprint density at radius 2 is 1.65 bits per heavy atom. The van der Waals surface area contributed by atoms with E-state index in [0.29, 0.717) is 5.56 Å². The predicted molar refractivity (Wildman–Crippen MR) is 97.5 cm³/mol. The molecule has 1 atom stereocenters. The molecule has 122 valence electrons. The van der Waals surface area contributed by atoms with Crippen LogP contribution in [0.4, 0.5) is 5.69 Å². The van der Waals surface area contributed by atoms with E-state index >= 15 is 0 Å². The van der Waals surface area contributed by atoms with Crippen molar-refractivity contribution in [2.45, 2.75) is 23.8 Å². The monoisotopic (exact) mass is 370 g/mol. The molecule has 3 nitrogen and oxygen atoms in total. The molecule has 2 rings (SSSR count). The van der Waals surface area contributed by atoms with Gasteiger partial charge in [-0.1, -0.05) is 64.6 Å². The van der Waals surface area contributed by atoms with E-state index in [2.05, 4.69) is 10.6 Å². The molecule has 0 aliphatic rings. The minimum atomic E-state index is -1.70. The van der Waals surface area contributed by atoms with Crippen LogP contribution in [0.15, 0.2) is 48.5 Å². The lowest BCUT2D eigenvalue weighted by Crippen LogP contribution is -2.49. The summed E-state index contributed by atoms with van der Waals surface area (Å²) < 4.78 is -1.70. The van der Waals surface area contributed by atoms with Crippen molar-refractivity contribution in [3.8, 4) is 0 Å². The van der Waals surface area contributed by atoms with Crippen LogP contribution in [0.3, 0.4) is 0 Å². The average Bonchev–Trinajstić information content (AvgIpc) is 2.46. The highest BCUT2D eigenvalue weighted by atomic mass is 35.6. The first-order valence-corrected chi connectivity index (χ1v) is 8.16. The van der Waals surface area contributed by atoms with Crippen molar-refractivity contribution in [3.05, 3.63) is 65.2 Å². The topological polar surface area (TPSA) is 41.1 Å². The first kappa shape index (κ1) is 17.9. The van der Waals surface area contributed by atoms with Crippen LogP contribution in [0, 0.1) is 13.8 Å². The zero-order chi connectivity index (χ0) is 17.0. The first-order valence-electron chi connectivity index (χ1n) is 7.03. The highest BCUT2D eigenvalue weighted by molar-refractivity contribution is 6.68. The van der Waals surface area contributed by atoms with Crippen molar-refractivity contribution in [1.29, 1.82) is 0 Å². The van der Waals surface area contributed by atoms with Gasteiger partial charge in [-0.2, -0.15) is 0 Å². The van der Waals surface area contributed by atoms with Crippen molar-refractivity contribution < 1.29 is 4.79 Å². The third-order valence-electron chi connectivity index (χ3n) is 3.25. The number of hydrogen-bond acceptors (Lipinski definition) is 2. The van der Waals surface area contributed by atoms with Gasteiger partial charge < -0.3 is 10.6 Å². The zero-order valence-electron chi connectivity index (χ0n) is 12.7. The van der Waals surface area contributed by atoms with Gasteiger partial charge in [-0.25, -0.2) is 0 Å². The van der Waals surface area contributed by atoms with Crippen LogP contribution in [0.25, 0.3) is 0 Å². The highest BCUT2D eigenvalue weighted by Gasteiger charge is 2.34. The molecule has 2 aromatic carbocycles. The fraction of sp³-hybridized carbons (Fsp3) is 0.235. The van der Waals surface area contributed by atoms with Crippen molar-refractivity contribution >= 4 is 46.4 Å². The maximum Gasteiger partial charge on any atom is 0.252 e. The minimum Gasteiger partial charge on any atom is -0.362 e. The maximum absolute atomic E-state index is 12.3. The molecular formula is C17H17Cl3N2O. The van der Waals surface area contributed by atoms with Gasteiger partial charge in [0.1, 0.15) is 6.17 Å². The molecule has 0 saturated carbocycles. The number of carbonyl (C=O) groups excluding carboxylic acids is 1. The number of benzene rings is 2. The summed E-state index contributed by atoms with van der Waals surface area (Å²) in [6.45, 7) is 3.91. The van der Waals surface area contributed by atoms with E-state index in [0.717, 1.165) is 16.8 Å². The summed E-state index contributed by atoms with van der Waals surface area (Å²) in [4.78, 5) is 12.3. The number of nitrogens with one attached hydrogen (secondary N) is 2. The van der Waals surface area contributed by atoms with E-state index in [1.54, 1.807) is 12.1 Å². The molecule has 0 aliphatic carbocycles. The van der Waals surface area contributed by atoms with Crippen LogP contribution in [0.5, 0.6) is 0 Å². The SMILES string of the molecule is Cc1ccc(C(=O)NC(Nc2cccc(C)c2)C(Cl)(Cl)Cl)cc1. The normalized spacial score (nSPS) is 12.6. The predicted octanol–water partition coefficient (Wildman–Crippen LogP) is 4.84. The fourth-order valence-corrected chi connectivity index (χ4v) is 2.35. The second-order valence-corrected chi connectivity index (χ2v) is 7.70. The lowest BCUT2D eigenvalue weighted by Gasteiger charge is -2.27. The molecule has 0 saturated heterocycles. The first-order chi connectivity index (χ1) is 10.8. The lowest BCUT2D eigenvalue weighted by molar-refractivity contribution is 0.0942. The molecule has 0 aromatic heterocycles. The van der Waals surface area contributed by atoms with Crippen LogP contribution in [0.1, 0.15) is 21.5 Å². The molecule has 1 unspecified atom stereocenters. The number of amides is 1. The quantitative estimate of drug-likeness (QED) is 0.596. The molecule has 0 aliphatic heterocycles. The summed E-state index contributed by atoms with van der Waals surface area (Å²) >= 11 is 18.0. The van der Waals surface area contributed by atoms with Gasteiger partial charge >= 0.3 is 0 Å². The van der Waals surface area contributed by atoms with Crippen LogP contribution in [0.2, 0.25) is 0 Å². The van der Waals surface area contributed by atoms with Crippen molar-refractivity contribution in [2.75, 3.05) is 5.32 Å². The van der Waals surface area contributed by atoms with Gasteiger partial charge in [0.15, 0.2) is 0 Å². The molecule has 0 fully saturated rings. The van der Waals surface area contributed by atoms with Gasteiger partial charge in [0, 0.05) is 11.3 Å². The second kappa shape index (κ2) is 7.43. The Labute approximate surface area is 150 Å². The Balaban J connectivity index is 2.16. The molecular weight excluding hydrogens is 355 g/mol. The summed E-state index contributed by atoms with van der Waals surface area (Å²) in [5.74, 6) is -0.318. The zero-order valence-corrected chi connectivity index (χ0v) is 15.0. The molecule has 0 bridgehead atoms. The van der Waals surface area contributed by atoms with E-state index < -0.39 is 9.96 Å². The van der Waals surface area contributed by atoms with Crippen LogP contribution < -0.4 is 10.6 Å². The average molecular weight is 372 g/mol.